The second-order valence-corrected chi connectivity index (χ2v) is 9.23. The van der Waals surface area contributed by atoms with Crippen LogP contribution in [0.1, 0.15) is 59.4 Å². The summed E-state index contributed by atoms with van der Waals surface area (Å²) in [6.45, 7) is 7.98. The number of rotatable bonds is 4. The molecule has 2 aromatic rings. The smallest absolute Gasteiger partial charge is 0.359 e. The number of H-pyrrole nitrogens is 1. The van der Waals surface area contributed by atoms with E-state index in [-0.39, 0.29) is 11.1 Å². The summed E-state index contributed by atoms with van der Waals surface area (Å²) < 4.78 is 5.03. The Bertz CT molecular complexity index is 946. The summed E-state index contributed by atoms with van der Waals surface area (Å²) in [6.07, 6.45) is 4.20. The van der Waals surface area contributed by atoms with Crippen LogP contribution >= 0.6 is 11.3 Å². The highest BCUT2D eigenvalue weighted by Gasteiger charge is 2.32. The van der Waals surface area contributed by atoms with Crippen molar-refractivity contribution in [2.45, 2.75) is 47.0 Å². The van der Waals surface area contributed by atoms with Gasteiger partial charge in [0.1, 0.15) is 11.1 Å². The first-order valence-electron chi connectivity index (χ1n) is 9.22. The van der Waals surface area contributed by atoms with Gasteiger partial charge < -0.3 is 15.0 Å². The Morgan fingerprint density at radius 3 is 2.82 bits per heavy atom. The van der Waals surface area contributed by atoms with Gasteiger partial charge >= 0.3 is 5.97 Å². The third kappa shape index (κ3) is 4.09. The van der Waals surface area contributed by atoms with Crippen molar-refractivity contribution >= 4 is 28.2 Å². The average Bonchev–Trinajstić information content (AvgIpc) is 3.20. The van der Waals surface area contributed by atoms with Crippen molar-refractivity contribution in [3.63, 3.8) is 0 Å². The lowest BCUT2D eigenvalue weighted by molar-refractivity contribution is -0.119. The summed E-state index contributed by atoms with van der Waals surface area (Å²) in [5.41, 5.74) is 2.53. The van der Waals surface area contributed by atoms with Crippen molar-refractivity contribution in [1.29, 1.82) is 5.26 Å². The molecule has 1 unspecified atom stereocenters. The van der Waals surface area contributed by atoms with Crippen LogP contribution in [0.4, 0.5) is 5.00 Å². The van der Waals surface area contributed by atoms with Crippen molar-refractivity contribution in [2.24, 2.45) is 11.3 Å². The molecule has 0 radical (unpaired) electrons. The molecule has 0 aliphatic heterocycles. The SMILES string of the molecule is Cc1[nH]cnc1C(=O)OCC(=O)Nc1sc2c(c1C#N)CCC(C(C)(C)C)C2. The van der Waals surface area contributed by atoms with Crippen LogP contribution in [0.25, 0.3) is 0 Å². The zero-order valence-electron chi connectivity index (χ0n) is 16.5. The van der Waals surface area contributed by atoms with Gasteiger partial charge in [-0.05, 0) is 43.1 Å². The number of esters is 1. The van der Waals surface area contributed by atoms with Crippen LogP contribution in [0, 0.1) is 29.6 Å². The lowest BCUT2D eigenvalue weighted by atomic mass is 9.72. The number of hydrogen-bond donors (Lipinski definition) is 2. The molecule has 148 valence electrons. The maximum atomic E-state index is 12.3. The Kier molecular flexibility index (Phi) is 5.57. The van der Waals surface area contributed by atoms with Gasteiger partial charge in [-0.25, -0.2) is 9.78 Å². The fraction of sp³-hybridized carbons (Fsp3) is 0.500. The molecule has 1 aliphatic carbocycles. The molecule has 0 bridgehead atoms. The topological polar surface area (TPSA) is 108 Å². The minimum absolute atomic E-state index is 0.158. The molecule has 1 amide bonds. The molecule has 28 heavy (non-hydrogen) atoms. The van der Waals surface area contributed by atoms with Crippen LogP contribution in [-0.4, -0.2) is 28.5 Å². The summed E-state index contributed by atoms with van der Waals surface area (Å²) in [4.78, 5) is 32.0. The lowest BCUT2D eigenvalue weighted by Gasteiger charge is -2.33. The zero-order chi connectivity index (χ0) is 20.5. The molecule has 2 heterocycles. The van der Waals surface area contributed by atoms with Crippen molar-refractivity contribution in [2.75, 3.05) is 11.9 Å². The van der Waals surface area contributed by atoms with Crippen molar-refractivity contribution < 1.29 is 14.3 Å². The minimum atomic E-state index is -0.659. The normalized spacial score (nSPS) is 16.2. The highest BCUT2D eigenvalue weighted by atomic mass is 32.1. The maximum Gasteiger partial charge on any atom is 0.359 e. The summed E-state index contributed by atoms with van der Waals surface area (Å²) in [5, 5.41) is 12.9. The van der Waals surface area contributed by atoms with Gasteiger partial charge in [-0.3, -0.25) is 4.79 Å². The number of aryl methyl sites for hydroxylation is 1. The Morgan fingerprint density at radius 1 is 1.46 bits per heavy atom. The number of carbonyl (C=O) groups is 2. The van der Waals surface area contributed by atoms with E-state index in [2.05, 4.69) is 42.1 Å². The van der Waals surface area contributed by atoms with Gasteiger partial charge in [-0.15, -0.1) is 11.3 Å². The summed E-state index contributed by atoms with van der Waals surface area (Å²) in [7, 11) is 0. The number of fused-ring (bicyclic) bond motifs is 1. The van der Waals surface area contributed by atoms with Crippen molar-refractivity contribution in [1.82, 2.24) is 9.97 Å². The first kappa shape index (κ1) is 20.1. The first-order chi connectivity index (χ1) is 13.2. The van der Waals surface area contributed by atoms with E-state index >= 15 is 0 Å². The molecule has 1 atom stereocenters. The number of ether oxygens (including phenoxy) is 1. The van der Waals surface area contributed by atoms with Crippen LogP contribution in [0.2, 0.25) is 0 Å². The fourth-order valence-corrected chi connectivity index (χ4v) is 4.75. The molecule has 0 aromatic carbocycles. The van der Waals surface area contributed by atoms with Gasteiger partial charge in [0.05, 0.1) is 11.9 Å². The van der Waals surface area contributed by atoms with Gasteiger partial charge in [0.25, 0.3) is 5.91 Å². The predicted octanol–water partition coefficient (Wildman–Crippen LogP) is 3.60. The van der Waals surface area contributed by atoms with Gasteiger partial charge in [0.15, 0.2) is 12.3 Å². The van der Waals surface area contributed by atoms with E-state index in [4.69, 9.17) is 4.74 Å². The third-order valence-electron chi connectivity index (χ3n) is 5.21. The average molecular weight is 401 g/mol. The van der Waals surface area contributed by atoms with Crippen LogP contribution in [0.5, 0.6) is 0 Å². The van der Waals surface area contributed by atoms with E-state index in [0.717, 1.165) is 24.8 Å². The van der Waals surface area contributed by atoms with Crippen molar-refractivity contribution in [3.05, 3.63) is 33.7 Å². The molecule has 0 spiro atoms. The molecule has 3 rings (SSSR count). The summed E-state index contributed by atoms with van der Waals surface area (Å²) in [5.74, 6) is -0.580. The van der Waals surface area contributed by atoms with E-state index in [1.54, 1.807) is 6.92 Å². The molecule has 0 saturated carbocycles. The fourth-order valence-electron chi connectivity index (χ4n) is 3.46. The van der Waals surface area contributed by atoms with Crippen LogP contribution in [0.3, 0.4) is 0 Å². The number of aromatic nitrogens is 2. The number of amides is 1. The zero-order valence-corrected chi connectivity index (χ0v) is 17.3. The predicted molar refractivity (Wildman–Crippen MR) is 106 cm³/mol. The standard InChI is InChI=1S/C20H24N4O3S/c1-11-17(23-10-22-11)19(26)27-9-16(25)24-18-14(8-21)13-6-5-12(20(2,3)4)7-15(13)28-18/h10,12H,5-7,9H2,1-4H3,(H,22,23)(H,24,25). The van der Waals surface area contributed by atoms with Crippen molar-refractivity contribution in [3.8, 4) is 6.07 Å². The van der Waals surface area contributed by atoms with Gasteiger partial charge in [0, 0.05) is 10.6 Å². The number of nitriles is 1. The highest BCUT2D eigenvalue weighted by molar-refractivity contribution is 7.16. The molecule has 0 saturated heterocycles. The van der Waals surface area contributed by atoms with E-state index < -0.39 is 18.5 Å². The summed E-state index contributed by atoms with van der Waals surface area (Å²) >= 11 is 1.46. The van der Waals surface area contributed by atoms with Crippen LogP contribution in [-0.2, 0) is 22.4 Å². The highest BCUT2D eigenvalue weighted by Crippen LogP contribution is 2.43. The summed E-state index contributed by atoms with van der Waals surface area (Å²) in [6, 6.07) is 2.23. The second kappa shape index (κ2) is 7.76. The largest absolute Gasteiger partial charge is 0.451 e. The molecule has 1 aliphatic rings. The Hall–Kier alpha value is -2.66. The van der Waals surface area contributed by atoms with E-state index in [1.807, 2.05) is 0 Å². The van der Waals surface area contributed by atoms with Gasteiger partial charge in [-0.1, -0.05) is 20.8 Å². The van der Waals surface area contributed by atoms with E-state index in [0.29, 0.717) is 22.2 Å². The van der Waals surface area contributed by atoms with E-state index in [9.17, 15) is 14.9 Å². The lowest BCUT2D eigenvalue weighted by Crippen LogP contribution is -2.26. The number of nitrogens with zero attached hydrogens (tertiary/aromatic N) is 2. The molecule has 0 fully saturated rings. The Balaban J connectivity index is 1.67. The van der Waals surface area contributed by atoms with E-state index in [1.165, 1.54) is 22.5 Å². The molecule has 2 N–H and O–H groups in total. The van der Waals surface area contributed by atoms with Gasteiger partial charge in [-0.2, -0.15) is 5.26 Å². The number of anilines is 1. The molecule has 8 heteroatoms. The molecule has 2 aromatic heterocycles. The number of imidazole rings is 1. The quantitative estimate of drug-likeness (QED) is 0.763. The number of carbonyl (C=O) groups excluding carboxylic acids is 2. The van der Waals surface area contributed by atoms with Crippen LogP contribution < -0.4 is 5.32 Å². The number of hydrogen-bond acceptors (Lipinski definition) is 6. The Labute approximate surface area is 168 Å². The number of thiophene rings is 1. The molecular formula is C20H24N4O3S. The third-order valence-corrected chi connectivity index (χ3v) is 6.38. The second-order valence-electron chi connectivity index (χ2n) is 8.13. The molecule has 7 nitrogen and oxygen atoms in total. The Morgan fingerprint density at radius 2 is 2.21 bits per heavy atom. The monoisotopic (exact) mass is 400 g/mol. The molecular weight excluding hydrogens is 376 g/mol. The maximum absolute atomic E-state index is 12.3. The van der Waals surface area contributed by atoms with Gasteiger partial charge in [0.2, 0.25) is 0 Å². The number of nitrogens with one attached hydrogen (secondary N) is 2. The minimum Gasteiger partial charge on any atom is -0.451 e. The van der Waals surface area contributed by atoms with Crippen LogP contribution in [0.15, 0.2) is 6.33 Å². The first-order valence-corrected chi connectivity index (χ1v) is 10.0. The number of aromatic amines is 1.